The Balaban J connectivity index is 3.36. The van der Waals surface area contributed by atoms with Gasteiger partial charge >= 0.3 is 5.97 Å². The van der Waals surface area contributed by atoms with Gasteiger partial charge in [0.05, 0.1) is 25.4 Å². The Labute approximate surface area is 487 Å². The Hall–Kier alpha value is -1.92. The average Bonchev–Trinajstić information content (AvgIpc) is 3.44. The van der Waals surface area contributed by atoms with Crippen molar-refractivity contribution in [1.29, 1.82) is 0 Å². The van der Waals surface area contributed by atoms with Gasteiger partial charge in [-0.15, -0.1) is 0 Å². The molecule has 2 unspecified atom stereocenters. The van der Waals surface area contributed by atoms with Crippen LogP contribution >= 0.6 is 0 Å². The van der Waals surface area contributed by atoms with E-state index in [2.05, 4.69) is 43.5 Å². The number of hydrogen-bond acceptors (Lipinski definition) is 5. The average molecular weight is 1100 g/mol. The summed E-state index contributed by atoms with van der Waals surface area (Å²) in [6, 6.07) is -0.627. The second-order valence-electron chi connectivity index (χ2n) is 24.2. The first kappa shape index (κ1) is 76.1. The number of ether oxygens (including phenoxy) is 1. The number of carbonyl (C=O) groups is 2. The first-order chi connectivity index (χ1) is 38.5. The van der Waals surface area contributed by atoms with Crippen molar-refractivity contribution in [2.24, 2.45) is 0 Å². The van der Waals surface area contributed by atoms with Crippen molar-refractivity contribution in [3.8, 4) is 0 Å². The molecular formula is C72H137NO5. The molecule has 0 aromatic rings. The zero-order chi connectivity index (χ0) is 56.4. The van der Waals surface area contributed by atoms with E-state index in [1.165, 1.54) is 321 Å². The second kappa shape index (κ2) is 67.6. The molecule has 1 amide bonds. The number of aliphatic hydroxyl groups excluding tert-OH is 2. The molecule has 0 saturated heterocycles. The van der Waals surface area contributed by atoms with Crippen LogP contribution in [0.1, 0.15) is 386 Å². The Morgan fingerprint density at radius 2 is 0.603 bits per heavy atom. The number of hydrogen-bond donors (Lipinski definition) is 3. The lowest BCUT2D eigenvalue weighted by Gasteiger charge is -2.20. The Kier molecular flexibility index (Phi) is 65.9. The van der Waals surface area contributed by atoms with Gasteiger partial charge < -0.3 is 20.3 Å². The predicted molar refractivity (Wildman–Crippen MR) is 343 cm³/mol. The largest absolute Gasteiger partial charge is 0.466 e. The molecule has 0 spiro atoms. The summed E-state index contributed by atoms with van der Waals surface area (Å²) in [5.74, 6) is -0.0500. The number of rotatable bonds is 66. The smallest absolute Gasteiger partial charge is 0.305 e. The minimum atomic E-state index is -0.843. The van der Waals surface area contributed by atoms with Crippen molar-refractivity contribution in [2.45, 2.75) is 398 Å². The van der Waals surface area contributed by atoms with Crippen LogP contribution in [0.25, 0.3) is 0 Å². The van der Waals surface area contributed by atoms with Crippen molar-refractivity contribution < 1.29 is 24.5 Å². The minimum absolute atomic E-state index is 0.0161. The van der Waals surface area contributed by atoms with Crippen molar-refractivity contribution in [2.75, 3.05) is 13.2 Å². The predicted octanol–water partition coefficient (Wildman–Crippen LogP) is 22.7. The van der Waals surface area contributed by atoms with Crippen molar-refractivity contribution >= 4 is 11.9 Å². The maximum Gasteiger partial charge on any atom is 0.305 e. The van der Waals surface area contributed by atoms with Gasteiger partial charge in [-0.1, -0.05) is 326 Å². The van der Waals surface area contributed by atoms with Crippen LogP contribution in [0.2, 0.25) is 0 Å². The van der Waals surface area contributed by atoms with E-state index in [0.717, 1.165) is 38.5 Å². The molecule has 0 saturated carbocycles. The SMILES string of the molecule is CCCCCCCC/C=C\CCCCCCCCCCCC(=O)OCCCCCCCCCCCCCC/C=C\CCCCCCCCCCCCCCCC(=O)NC(CO)C(O)/C=C/CCCCCCCCCCCCC. The van der Waals surface area contributed by atoms with Gasteiger partial charge in [0.1, 0.15) is 0 Å². The number of allylic oxidation sites excluding steroid dienone is 5. The molecule has 0 aromatic heterocycles. The van der Waals surface area contributed by atoms with Crippen LogP contribution in [0.4, 0.5) is 0 Å². The number of amides is 1. The van der Waals surface area contributed by atoms with E-state index < -0.39 is 12.1 Å². The molecule has 0 rings (SSSR count). The van der Waals surface area contributed by atoms with Gasteiger partial charge in [0.15, 0.2) is 0 Å². The molecule has 0 fully saturated rings. The highest BCUT2D eigenvalue weighted by Crippen LogP contribution is 2.18. The van der Waals surface area contributed by atoms with Gasteiger partial charge in [0.25, 0.3) is 0 Å². The zero-order valence-corrected chi connectivity index (χ0v) is 52.7. The third-order valence-electron chi connectivity index (χ3n) is 16.4. The first-order valence-electron chi connectivity index (χ1n) is 35.3. The van der Waals surface area contributed by atoms with E-state index in [9.17, 15) is 19.8 Å². The van der Waals surface area contributed by atoms with E-state index in [0.29, 0.717) is 19.4 Å². The standard InChI is InChI=1S/C72H137NO5/c1-3-5-7-9-11-13-15-17-18-19-31-35-38-42-46-50-54-58-62-66-72(77)78-67-63-59-55-51-47-43-39-36-33-30-28-26-24-22-20-21-23-25-27-29-32-34-37-41-45-49-53-57-61-65-71(76)73-69(68-74)70(75)64-60-56-52-48-44-40-16-14-12-10-8-6-4-2/h17-18,20,22,60,64,69-70,74-75H,3-16,19,21,23-59,61-63,65-68H2,1-2H3,(H,73,76)/b18-17-,22-20-,64-60+. The highest BCUT2D eigenvalue weighted by Gasteiger charge is 2.18. The van der Waals surface area contributed by atoms with E-state index >= 15 is 0 Å². The van der Waals surface area contributed by atoms with Crippen molar-refractivity contribution in [1.82, 2.24) is 5.32 Å². The quantitative estimate of drug-likeness (QED) is 0.0320. The molecule has 0 heterocycles. The number of unbranched alkanes of at least 4 members (excludes halogenated alkanes) is 51. The summed E-state index contributed by atoms with van der Waals surface area (Å²) >= 11 is 0. The maximum absolute atomic E-state index is 12.5. The first-order valence-corrected chi connectivity index (χ1v) is 35.3. The zero-order valence-electron chi connectivity index (χ0n) is 52.7. The molecule has 0 aliphatic heterocycles. The van der Waals surface area contributed by atoms with Gasteiger partial charge in [-0.25, -0.2) is 0 Å². The van der Waals surface area contributed by atoms with Crippen LogP contribution in [0.3, 0.4) is 0 Å². The van der Waals surface area contributed by atoms with Gasteiger partial charge in [-0.3, -0.25) is 9.59 Å². The van der Waals surface area contributed by atoms with E-state index in [4.69, 9.17) is 4.74 Å². The normalized spacial score (nSPS) is 12.7. The van der Waals surface area contributed by atoms with Crippen LogP contribution in [0.15, 0.2) is 36.5 Å². The molecule has 0 radical (unpaired) electrons. The third kappa shape index (κ3) is 63.3. The molecule has 460 valence electrons. The number of nitrogens with one attached hydrogen (secondary N) is 1. The minimum Gasteiger partial charge on any atom is -0.466 e. The van der Waals surface area contributed by atoms with E-state index in [1.807, 2.05) is 6.08 Å². The van der Waals surface area contributed by atoms with Crippen LogP contribution < -0.4 is 5.32 Å². The van der Waals surface area contributed by atoms with E-state index in [1.54, 1.807) is 6.08 Å². The lowest BCUT2D eigenvalue weighted by atomic mass is 10.0. The van der Waals surface area contributed by atoms with Crippen LogP contribution in [-0.2, 0) is 14.3 Å². The second-order valence-corrected chi connectivity index (χ2v) is 24.2. The third-order valence-corrected chi connectivity index (χ3v) is 16.4. The van der Waals surface area contributed by atoms with Crippen molar-refractivity contribution in [3.63, 3.8) is 0 Å². The molecule has 0 aliphatic carbocycles. The fourth-order valence-electron chi connectivity index (χ4n) is 11.0. The fourth-order valence-corrected chi connectivity index (χ4v) is 11.0. The van der Waals surface area contributed by atoms with Crippen LogP contribution in [-0.4, -0.2) is 47.4 Å². The molecule has 6 heteroatoms. The number of carbonyl (C=O) groups excluding carboxylic acids is 2. The molecule has 6 nitrogen and oxygen atoms in total. The topological polar surface area (TPSA) is 95.9 Å². The lowest BCUT2D eigenvalue weighted by Crippen LogP contribution is -2.45. The molecule has 3 N–H and O–H groups in total. The summed E-state index contributed by atoms with van der Waals surface area (Å²) < 4.78 is 5.51. The molecule has 2 atom stereocenters. The van der Waals surface area contributed by atoms with Gasteiger partial charge in [0, 0.05) is 12.8 Å². The summed E-state index contributed by atoms with van der Waals surface area (Å²) in [5, 5.41) is 23.1. The van der Waals surface area contributed by atoms with Gasteiger partial charge in [0.2, 0.25) is 5.91 Å². The molecule has 78 heavy (non-hydrogen) atoms. The monoisotopic (exact) mass is 1100 g/mol. The summed E-state index contributed by atoms with van der Waals surface area (Å²) in [6.45, 7) is 4.92. The summed E-state index contributed by atoms with van der Waals surface area (Å²) in [6.07, 6.45) is 86.6. The Morgan fingerprint density at radius 3 is 0.910 bits per heavy atom. The number of aliphatic hydroxyl groups is 2. The van der Waals surface area contributed by atoms with Crippen molar-refractivity contribution in [3.05, 3.63) is 36.5 Å². The van der Waals surface area contributed by atoms with Crippen LogP contribution in [0.5, 0.6) is 0 Å². The fraction of sp³-hybridized carbons (Fsp3) is 0.889. The highest BCUT2D eigenvalue weighted by molar-refractivity contribution is 5.76. The molecular weight excluding hydrogens is 959 g/mol. The molecule has 0 aromatic carbocycles. The lowest BCUT2D eigenvalue weighted by molar-refractivity contribution is -0.143. The maximum atomic E-state index is 12.5. The summed E-state index contributed by atoms with van der Waals surface area (Å²) in [5.41, 5.74) is 0. The Morgan fingerprint density at radius 1 is 0.346 bits per heavy atom. The number of esters is 1. The summed E-state index contributed by atoms with van der Waals surface area (Å²) in [4.78, 5) is 24.6. The van der Waals surface area contributed by atoms with Gasteiger partial charge in [-0.05, 0) is 83.5 Å². The Bertz CT molecular complexity index is 1260. The highest BCUT2D eigenvalue weighted by atomic mass is 16.5. The van der Waals surface area contributed by atoms with Gasteiger partial charge in [-0.2, -0.15) is 0 Å². The molecule has 0 aliphatic rings. The van der Waals surface area contributed by atoms with E-state index in [-0.39, 0.29) is 18.5 Å². The van der Waals surface area contributed by atoms with Crippen LogP contribution in [0, 0.1) is 0 Å². The molecule has 0 bridgehead atoms. The summed E-state index contributed by atoms with van der Waals surface area (Å²) in [7, 11) is 0.